The van der Waals surface area contributed by atoms with E-state index in [2.05, 4.69) is 48.5 Å². The van der Waals surface area contributed by atoms with Crippen LogP contribution in [-0.4, -0.2) is 26.7 Å². The standard InChI is InChI=1S/C25H26N2O2P/c1-24(2)25(3,4)27(29)23(26(24)28)19-15-17-22(18-16-19)30(20-11-7-5-8-12-20)21-13-9-6-10-14-21/h5-18H,1-4H3. The van der Waals surface area contributed by atoms with E-state index in [0.717, 1.165) is 9.80 Å². The molecule has 1 radical (unpaired) electrons. The SMILES string of the molecule is CC1(C)N([O])C(c2ccc(P(c3ccccc3)c3ccccc3)cc2)=[N+]([O-])C1(C)C. The summed E-state index contributed by atoms with van der Waals surface area (Å²) in [7, 11) is -0.723. The van der Waals surface area contributed by atoms with Crippen LogP contribution in [-0.2, 0) is 5.21 Å². The fraction of sp³-hybridized carbons (Fsp3) is 0.240. The van der Waals surface area contributed by atoms with Gasteiger partial charge in [-0.1, -0.05) is 77.9 Å². The topological polar surface area (TPSA) is 49.2 Å². The van der Waals surface area contributed by atoms with Crippen molar-refractivity contribution in [3.8, 4) is 0 Å². The fourth-order valence-corrected chi connectivity index (χ4v) is 5.99. The summed E-state index contributed by atoms with van der Waals surface area (Å²) in [5.41, 5.74) is -0.981. The Hall–Kier alpha value is -2.68. The van der Waals surface area contributed by atoms with Gasteiger partial charge >= 0.3 is 5.84 Å². The molecule has 0 aromatic heterocycles. The summed E-state index contributed by atoms with van der Waals surface area (Å²) in [6.45, 7) is 7.26. The van der Waals surface area contributed by atoms with E-state index in [1.54, 1.807) is 0 Å². The Kier molecular flexibility index (Phi) is 5.17. The van der Waals surface area contributed by atoms with Crippen LogP contribution in [0.2, 0.25) is 0 Å². The molecule has 0 spiro atoms. The Bertz CT molecular complexity index is 1020. The lowest BCUT2D eigenvalue weighted by molar-refractivity contribution is -0.539. The van der Waals surface area contributed by atoms with Crippen molar-refractivity contribution in [2.45, 2.75) is 38.8 Å². The van der Waals surface area contributed by atoms with Crippen LogP contribution in [0.5, 0.6) is 0 Å². The lowest BCUT2D eigenvalue weighted by atomic mass is 9.84. The van der Waals surface area contributed by atoms with E-state index in [-0.39, 0.29) is 5.84 Å². The van der Waals surface area contributed by atoms with E-state index >= 15 is 0 Å². The molecule has 3 aromatic carbocycles. The molecule has 0 saturated carbocycles. The van der Waals surface area contributed by atoms with Crippen LogP contribution in [0.15, 0.2) is 84.9 Å². The molecule has 0 fully saturated rings. The van der Waals surface area contributed by atoms with Gasteiger partial charge in [-0.15, -0.1) is 0 Å². The van der Waals surface area contributed by atoms with Gasteiger partial charge in [0.1, 0.15) is 5.54 Å². The maximum Gasteiger partial charge on any atom is 0.316 e. The van der Waals surface area contributed by atoms with Gasteiger partial charge in [0, 0.05) is 5.21 Å². The summed E-state index contributed by atoms with van der Waals surface area (Å²) in [4.78, 5) is 0. The maximum absolute atomic E-state index is 13.0. The highest BCUT2D eigenvalue weighted by molar-refractivity contribution is 7.79. The Balaban J connectivity index is 1.76. The third-order valence-corrected chi connectivity index (χ3v) is 8.75. The summed E-state index contributed by atoms with van der Waals surface area (Å²) >= 11 is 0. The number of hydroxylamine groups is 3. The average molecular weight is 417 g/mol. The Morgan fingerprint density at radius 2 is 1.17 bits per heavy atom. The second kappa shape index (κ2) is 7.54. The molecule has 0 saturated heterocycles. The van der Waals surface area contributed by atoms with Gasteiger partial charge in [0.25, 0.3) is 0 Å². The highest BCUT2D eigenvalue weighted by Gasteiger charge is 2.59. The van der Waals surface area contributed by atoms with Crippen molar-refractivity contribution in [2.75, 3.05) is 0 Å². The number of hydrogen-bond acceptors (Lipinski definition) is 2. The van der Waals surface area contributed by atoms with Gasteiger partial charge in [0.2, 0.25) is 0 Å². The van der Waals surface area contributed by atoms with Crippen molar-refractivity contribution in [1.29, 1.82) is 0 Å². The molecule has 0 amide bonds. The Morgan fingerprint density at radius 3 is 1.57 bits per heavy atom. The zero-order valence-electron chi connectivity index (χ0n) is 17.7. The van der Waals surface area contributed by atoms with Crippen LogP contribution >= 0.6 is 7.92 Å². The quantitative estimate of drug-likeness (QED) is 0.367. The van der Waals surface area contributed by atoms with Crippen LogP contribution in [0.4, 0.5) is 0 Å². The van der Waals surface area contributed by atoms with Gasteiger partial charge in [-0.2, -0.15) is 0 Å². The largest absolute Gasteiger partial charge is 0.714 e. The van der Waals surface area contributed by atoms with E-state index in [1.165, 1.54) is 15.9 Å². The first-order valence-corrected chi connectivity index (χ1v) is 11.4. The zero-order valence-corrected chi connectivity index (χ0v) is 18.6. The molecule has 1 aliphatic rings. The van der Waals surface area contributed by atoms with Crippen LogP contribution in [0.25, 0.3) is 0 Å². The maximum atomic E-state index is 13.0. The molecule has 30 heavy (non-hydrogen) atoms. The number of amidine groups is 1. The molecule has 3 aromatic rings. The van der Waals surface area contributed by atoms with Crippen LogP contribution in [0, 0.1) is 5.21 Å². The van der Waals surface area contributed by atoms with Crippen molar-refractivity contribution in [1.82, 2.24) is 5.06 Å². The molecular formula is C25H26N2O2P. The normalized spacial score (nSPS) is 17.6. The van der Waals surface area contributed by atoms with Gasteiger partial charge in [0.15, 0.2) is 5.54 Å². The summed E-state index contributed by atoms with van der Waals surface area (Å²) < 4.78 is 0.867. The van der Waals surface area contributed by atoms with E-state index in [1.807, 2.05) is 64.1 Å². The molecule has 0 bridgehead atoms. The molecule has 153 valence electrons. The second-order valence-electron chi connectivity index (χ2n) is 8.58. The monoisotopic (exact) mass is 417 g/mol. The predicted molar refractivity (Wildman–Crippen MR) is 124 cm³/mol. The summed E-state index contributed by atoms with van der Waals surface area (Å²) in [5.74, 6) is 0.181. The van der Waals surface area contributed by atoms with Gasteiger partial charge < -0.3 is 5.21 Å². The molecule has 4 rings (SSSR count). The van der Waals surface area contributed by atoms with Crippen LogP contribution < -0.4 is 15.9 Å². The molecule has 0 N–H and O–H groups in total. The van der Waals surface area contributed by atoms with Crippen LogP contribution in [0.1, 0.15) is 33.3 Å². The molecule has 0 atom stereocenters. The van der Waals surface area contributed by atoms with E-state index in [0.29, 0.717) is 5.56 Å². The fourth-order valence-electron chi connectivity index (χ4n) is 3.70. The summed E-state index contributed by atoms with van der Waals surface area (Å²) in [6, 6.07) is 28.8. The zero-order chi connectivity index (χ0) is 21.5. The summed E-state index contributed by atoms with van der Waals surface area (Å²) in [6.07, 6.45) is 0. The Morgan fingerprint density at radius 1 is 0.733 bits per heavy atom. The number of rotatable bonds is 4. The molecule has 5 heteroatoms. The smallest absolute Gasteiger partial charge is 0.316 e. The minimum atomic E-state index is -0.816. The minimum absolute atomic E-state index is 0.181. The third kappa shape index (κ3) is 3.21. The predicted octanol–water partition coefficient (Wildman–Crippen LogP) is 3.92. The molecular weight excluding hydrogens is 391 g/mol. The van der Waals surface area contributed by atoms with E-state index in [9.17, 15) is 10.4 Å². The highest BCUT2D eigenvalue weighted by atomic mass is 31.1. The van der Waals surface area contributed by atoms with E-state index in [4.69, 9.17) is 0 Å². The third-order valence-electron chi connectivity index (χ3n) is 6.31. The van der Waals surface area contributed by atoms with Gasteiger partial charge in [-0.05, 0) is 63.7 Å². The van der Waals surface area contributed by atoms with Crippen molar-refractivity contribution in [3.05, 3.63) is 95.7 Å². The first kappa shape index (κ1) is 20.6. The number of hydrogen-bond donors (Lipinski definition) is 0. The second-order valence-corrected chi connectivity index (χ2v) is 10.8. The van der Waals surface area contributed by atoms with Crippen molar-refractivity contribution >= 4 is 29.7 Å². The van der Waals surface area contributed by atoms with Crippen molar-refractivity contribution < 1.29 is 9.95 Å². The molecule has 0 unspecified atom stereocenters. The molecule has 0 aliphatic carbocycles. The first-order valence-electron chi connectivity index (χ1n) is 10.1. The van der Waals surface area contributed by atoms with Gasteiger partial charge in [-0.25, -0.2) is 0 Å². The van der Waals surface area contributed by atoms with Crippen molar-refractivity contribution in [2.24, 2.45) is 0 Å². The lowest BCUT2D eigenvalue weighted by Gasteiger charge is -2.32. The Labute approximate surface area is 179 Å². The average Bonchev–Trinajstić information content (AvgIpc) is 2.87. The van der Waals surface area contributed by atoms with Gasteiger partial charge in [0.05, 0.1) is 5.56 Å². The highest BCUT2D eigenvalue weighted by Crippen LogP contribution is 2.38. The molecule has 1 heterocycles. The molecule has 4 nitrogen and oxygen atoms in total. The van der Waals surface area contributed by atoms with Crippen LogP contribution in [0.3, 0.4) is 0 Å². The van der Waals surface area contributed by atoms with Crippen molar-refractivity contribution in [3.63, 3.8) is 0 Å². The lowest BCUT2D eigenvalue weighted by Crippen LogP contribution is -2.53. The molecule has 1 aliphatic heterocycles. The first-order chi connectivity index (χ1) is 14.2. The summed E-state index contributed by atoms with van der Waals surface area (Å²) in [5, 5.41) is 30.5. The van der Waals surface area contributed by atoms with Gasteiger partial charge in [-0.3, -0.25) is 4.74 Å². The number of benzene rings is 3. The number of nitrogens with zero attached hydrogens (tertiary/aromatic N) is 2. The minimum Gasteiger partial charge on any atom is -0.714 e. The van der Waals surface area contributed by atoms with E-state index < -0.39 is 19.0 Å².